The van der Waals surface area contributed by atoms with Crippen molar-refractivity contribution in [1.29, 1.82) is 0 Å². The Morgan fingerprint density at radius 2 is 1.93 bits per heavy atom. The number of carbonyl (C=O) groups is 2. The minimum atomic E-state index is -0.510. The van der Waals surface area contributed by atoms with Crippen LogP contribution in [-0.2, 0) is 16.0 Å². The van der Waals surface area contributed by atoms with Gasteiger partial charge in [0, 0.05) is 20.0 Å². The molecule has 0 radical (unpaired) electrons. The van der Waals surface area contributed by atoms with Crippen molar-refractivity contribution >= 4 is 11.8 Å². The van der Waals surface area contributed by atoms with E-state index in [1.165, 1.54) is 18.4 Å². The number of benzene rings is 2. The fourth-order valence-corrected chi connectivity index (χ4v) is 4.17. The van der Waals surface area contributed by atoms with Gasteiger partial charge in [0.25, 0.3) is 5.91 Å². The molecule has 0 saturated heterocycles. The summed E-state index contributed by atoms with van der Waals surface area (Å²) < 4.78 is 6.11. The number of rotatable bonds is 7. The lowest BCUT2D eigenvalue weighted by Gasteiger charge is -2.37. The van der Waals surface area contributed by atoms with Crippen molar-refractivity contribution in [3.63, 3.8) is 0 Å². The van der Waals surface area contributed by atoms with Gasteiger partial charge >= 0.3 is 0 Å². The average molecular weight is 407 g/mol. The molecule has 2 aromatic carbocycles. The van der Waals surface area contributed by atoms with Crippen molar-refractivity contribution in [1.82, 2.24) is 10.2 Å². The first-order chi connectivity index (χ1) is 14.6. The molecule has 0 aromatic heterocycles. The molecule has 2 aromatic rings. The summed E-state index contributed by atoms with van der Waals surface area (Å²) in [6, 6.07) is 16.0. The van der Waals surface area contributed by atoms with Gasteiger partial charge in [0.1, 0.15) is 5.75 Å². The number of hydrogen-bond acceptors (Lipinski definition) is 3. The quantitative estimate of drug-likeness (QED) is 0.760. The molecule has 0 bridgehead atoms. The third kappa shape index (κ3) is 4.50. The zero-order valence-corrected chi connectivity index (χ0v) is 17.8. The molecule has 158 valence electrons. The van der Waals surface area contributed by atoms with Gasteiger partial charge in [-0.3, -0.25) is 9.59 Å². The van der Waals surface area contributed by atoms with Crippen LogP contribution in [0.3, 0.4) is 0 Å². The number of amides is 2. The van der Waals surface area contributed by atoms with Crippen LogP contribution in [0.1, 0.15) is 55.8 Å². The highest BCUT2D eigenvalue weighted by molar-refractivity contribution is 5.81. The summed E-state index contributed by atoms with van der Waals surface area (Å²) in [7, 11) is 0. The fraction of sp³-hybridized carbons (Fsp3) is 0.440. The summed E-state index contributed by atoms with van der Waals surface area (Å²) in [5, 5.41) is 3.02. The Balaban J connectivity index is 1.59. The largest absolute Gasteiger partial charge is 0.481 e. The lowest BCUT2D eigenvalue weighted by atomic mass is 9.88. The maximum Gasteiger partial charge on any atom is 0.261 e. The normalized spacial score (nSPS) is 19.0. The number of fused-ring (bicyclic) bond motifs is 1. The summed E-state index contributed by atoms with van der Waals surface area (Å²) >= 11 is 0. The van der Waals surface area contributed by atoms with Gasteiger partial charge in [0.2, 0.25) is 5.91 Å². The molecule has 30 heavy (non-hydrogen) atoms. The minimum Gasteiger partial charge on any atom is -0.481 e. The molecule has 1 aliphatic carbocycles. The van der Waals surface area contributed by atoms with Gasteiger partial charge in [0.15, 0.2) is 6.10 Å². The highest BCUT2D eigenvalue weighted by Gasteiger charge is 2.31. The van der Waals surface area contributed by atoms with E-state index in [4.69, 9.17) is 4.74 Å². The van der Waals surface area contributed by atoms with E-state index in [9.17, 15) is 9.59 Å². The van der Waals surface area contributed by atoms with Crippen LogP contribution in [-0.4, -0.2) is 35.9 Å². The number of nitrogens with zero attached hydrogens (tertiary/aromatic N) is 1. The Kier molecular flexibility index (Phi) is 6.07. The second-order valence-corrected chi connectivity index (χ2v) is 8.34. The molecule has 2 atom stereocenters. The molecule has 1 fully saturated rings. The van der Waals surface area contributed by atoms with E-state index < -0.39 is 6.10 Å². The summed E-state index contributed by atoms with van der Waals surface area (Å²) in [5.41, 5.74) is 3.38. The van der Waals surface area contributed by atoms with Gasteiger partial charge < -0.3 is 15.0 Å². The van der Waals surface area contributed by atoms with Crippen LogP contribution in [0.25, 0.3) is 0 Å². The maximum absolute atomic E-state index is 12.5. The molecule has 0 spiro atoms. The number of hydrogen-bond donors (Lipinski definition) is 1. The Hall–Kier alpha value is -2.82. The molecular formula is C25H30N2O3. The van der Waals surface area contributed by atoms with Gasteiger partial charge in [-0.15, -0.1) is 0 Å². The van der Waals surface area contributed by atoms with E-state index >= 15 is 0 Å². The van der Waals surface area contributed by atoms with Gasteiger partial charge in [0.05, 0.1) is 6.04 Å². The van der Waals surface area contributed by atoms with Gasteiger partial charge in [-0.25, -0.2) is 0 Å². The van der Waals surface area contributed by atoms with E-state index in [1.54, 1.807) is 6.92 Å². The Bertz CT molecular complexity index is 908. The molecule has 2 amide bonds. The van der Waals surface area contributed by atoms with E-state index in [0.29, 0.717) is 24.6 Å². The standard InChI is InChI=1S/C25H30N2O3/c1-3-23(25(29)26-16-18-9-10-18)30-21-12-11-19-13-14-27(17(2)28)24(22(19)15-21)20-7-5-4-6-8-20/h4-8,11-12,15,18,23-24H,3,9-10,13-14,16H2,1-2H3,(H,26,29)/t23-,24+/m1/s1. The number of carbonyl (C=O) groups excluding carboxylic acids is 2. The third-order valence-electron chi connectivity index (χ3n) is 6.07. The first-order valence-electron chi connectivity index (χ1n) is 11.0. The van der Waals surface area contributed by atoms with Gasteiger partial charge in [-0.1, -0.05) is 43.3 Å². The molecule has 1 saturated carbocycles. The van der Waals surface area contributed by atoms with Crippen LogP contribution in [0.2, 0.25) is 0 Å². The predicted octanol–water partition coefficient (Wildman–Crippen LogP) is 3.86. The SMILES string of the molecule is CC[C@@H](Oc1ccc2c(c1)[C@H](c1ccccc1)N(C(C)=O)CC2)C(=O)NCC1CC1. The molecule has 1 heterocycles. The summed E-state index contributed by atoms with van der Waals surface area (Å²) in [5.74, 6) is 1.33. The van der Waals surface area contributed by atoms with Crippen LogP contribution in [0, 0.1) is 5.92 Å². The van der Waals surface area contributed by atoms with Crippen molar-refractivity contribution in [2.24, 2.45) is 5.92 Å². The molecule has 4 rings (SSSR count). The highest BCUT2D eigenvalue weighted by Crippen LogP contribution is 2.37. The molecular weight excluding hydrogens is 376 g/mol. The van der Waals surface area contributed by atoms with Crippen molar-refractivity contribution in [3.05, 3.63) is 65.2 Å². The zero-order valence-electron chi connectivity index (χ0n) is 17.8. The average Bonchev–Trinajstić information content (AvgIpc) is 3.60. The van der Waals surface area contributed by atoms with Crippen molar-refractivity contribution in [2.75, 3.05) is 13.1 Å². The first-order valence-corrected chi connectivity index (χ1v) is 11.0. The topological polar surface area (TPSA) is 58.6 Å². The third-order valence-corrected chi connectivity index (χ3v) is 6.07. The van der Waals surface area contributed by atoms with Crippen LogP contribution in [0.15, 0.2) is 48.5 Å². The Labute approximate surface area is 178 Å². The molecule has 0 unspecified atom stereocenters. The molecule has 5 nitrogen and oxygen atoms in total. The van der Waals surface area contributed by atoms with E-state index in [2.05, 4.69) is 23.5 Å². The summed E-state index contributed by atoms with van der Waals surface area (Å²) in [6.07, 6.45) is 3.32. The van der Waals surface area contributed by atoms with Crippen LogP contribution >= 0.6 is 0 Å². The second kappa shape index (κ2) is 8.90. The summed E-state index contributed by atoms with van der Waals surface area (Å²) in [6.45, 7) is 5.03. The van der Waals surface area contributed by atoms with Crippen LogP contribution in [0.5, 0.6) is 5.75 Å². The van der Waals surface area contributed by atoms with E-state index in [0.717, 1.165) is 24.1 Å². The minimum absolute atomic E-state index is 0.0490. The second-order valence-electron chi connectivity index (χ2n) is 8.34. The van der Waals surface area contributed by atoms with Crippen LogP contribution < -0.4 is 10.1 Å². The fourth-order valence-electron chi connectivity index (χ4n) is 4.17. The Morgan fingerprint density at radius 1 is 1.17 bits per heavy atom. The smallest absolute Gasteiger partial charge is 0.261 e. The molecule has 1 aliphatic heterocycles. The summed E-state index contributed by atoms with van der Waals surface area (Å²) in [4.78, 5) is 26.8. The van der Waals surface area contributed by atoms with E-state index in [1.807, 2.05) is 42.2 Å². The molecule has 1 N–H and O–H groups in total. The van der Waals surface area contributed by atoms with Crippen LogP contribution in [0.4, 0.5) is 0 Å². The number of ether oxygens (including phenoxy) is 1. The van der Waals surface area contributed by atoms with Crippen molar-refractivity contribution < 1.29 is 14.3 Å². The lowest BCUT2D eigenvalue weighted by molar-refractivity contribution is -0.131. The Morgan fingerprint density at radius 3 is 2.60 bits per heavy atom. The lowest BCUT2D eigenvalue weighted by Crippen LogP contribution is -2.40. The predicted molar refractivity (Wildman–Crippen MR) is 116 cm³/mol. The molecule has 2 aliphatic rings. The molecule has 5 heteroatoms. The van der Waals surface area contributed by atoms with Crippen molar-refractivity contribution in [3.8, 4) is 5.75 Å². The van der Waals surface area contributed by atoms with Gasteiger partial charge in [-0.2, -0.15) is 0 Å². The monoisotopic (exact) mass is 406 g/mol. The van der Waals surface area contributed by atoms with Crippen molar-refractivity contribution in [2.45, 2.75) is 51.7 Å². The zero-order chi connectivity index (χ0) is 21.1. The van der Waals surface area contributed by atoms with Gasteiger partial charge in [-0.05, 0) is 60.4 Å². The van der Waals surface area contributed by atoms with E-state index in [-0.39, 0.29) is 17.9 Å². The number of nitrogens with one attached hydrogen (secondary N) is 1. The first kappa shape index (κ1) is 20.5. The maximum atomic E-state index is 12.5. The highest BCUT2D eigenvalue weighted by atomic mass is 16.5.